The average molecular weight is 342 g/mol. The molecule has 1 N–H and O–H groups in total. The topological polar surface area (TPSA) is 71.9 Å². The zero-order valence-electron chi connectivity index (χ0n) is 12.8. The number of carbonyl (C=O) groups excluding carboxylic acids is 1. The Labute approximate surface area is 140 Å². The van der Waals surface area contributed by atoms with Gasteiger partial charge in [0.1, 0.15) is 17.0 Å². The molecule has 0 aromatic carbocycles. The first-order valence-corrected chi connectivity index (χ1v) is 7.45. The lowest BCUT2D eigenvalue weighted by molar-refractivity contribution is -0.0815. The summed E-state index contributed by atoms with van der Waals surface area (Å²) in [4.78, 5) is 20.3. The van der Waals surface area contributed by atoms with Gasteiger partial charge in [-0.05, 0) is 24.3 Å². The maximum Gasteiger partial charge on any atom is 0.342 e. The number of aromatic nitrogens is 4. The number of pyridine rings is 2. The number of imidazole rings is 2. The van der Waals surface area contributed by atoms with Gasteiger partial charge in [0.25, 0.3) is 5.78 Å². The number of nitrogens with zero attached hydrogens (tertiary/aromatic N) is 4. The number of rotatable bonds is 4. The Morgan fingerprint density at radius 3 is 2.32 bits per heavy atom. The van der Waals surface area contributed by atoms with E-state index in [0.29, 0.717) is 11.3 Å². The van der Waals surface area contributed by atoms with Crippen LogP contribution in [-0.2, 0) is 0 Å². The molecule has 4 rings (SSSR count). The molecule has 25 heavy (non-hydrogen) atoms. The van der Waals surface area contributed by atoms with Gasteiger partial charge in [-0.25, -0.2) is 9.97 Å². The number of hydrogen-bond donors (Lipinski definition) is 1. The Bertz CT molecular complexity index is 1090. The number of alkyl halides is 2. The van der Waals surface area contributed by atoms with Crippen molar-refractivity contribution >= 4 is 17.1 Å². The van der Waals surface area contributed by atoms with E-state index in [0.717, 1.165) is 12.4 Å². The van der Waals surface area contributed by atoms with Crippen molar-refractivity contribution in [1.29, 1.82) is 0 Å². The summed E-state index contributed by atoms with van der Waals surface area (Å²) in [6.07, 6.45) is 2.83. The molecule has 0 fully saturated rings. The standard InChI is InChI=1S/C17H12F2N4O2/c18-17(19,15(24)11-9-20-13-5-1-3-7-22(11)13)16(25)12-10-21-14-6-2-4-8-23(12)14/h1-10,15,24H. The summed E-state index contributed by atoms with van der Waals surface area (Å²) in [5.74, 6) is -5.55. The Morgan fingerprint density at radius 1 is 1.00 bits per heavy atom. The minimum Gasteiger partial charge on any atom is -0.380 e. The number of hydrogen-bond acceptors (Lipinski definition) is 4. The van der Waals surface area contributed by atoms with Crippen LogP contribution < -0.4 is 0 Å². The Balaban J connectivity index is 1.76. The average Bonchev–Trinajstić information content (AvgIpc) is 3.24. The normalized spacial score (nSPS) is 13.4. The van der Waals surface area contributed by atoms with E-state index < -0.39 is 17.8 Å². The molecular weight excluding hydrogens is 330 g/mol. The van der Waals surface area contributed by atoms with Gasteiger partial charge in [-0.2, -0.15) is 8.78 Å². The quantitative estimate of drug-likeness (QED) is 0.579. The molecule has 0 amide bonds. The van der Waals surface area contributed by atoms with Gasteiger partial charge in [0.2, 0.25) is 0 Å². The predicted molar refractivity (Wildman–Crippen MR) is 84.6 cm³/mol. The number of carbonyl (C=O) groups is 1. The van der Waals surface area contributed by atoms with Crippen LogP contribution >= 0.6 is 0 Å². The molecule has 4 aromatic rings. The molecule has 0 spiro atoms. The number of fused-ring (bicyclic) bond motifs is 2. The number of ketones is 1. The highest BCUT2D eigenvalue weighted by atomic mass is 19.3. The summed E-state index contributed by atoms with van der Waals surface area (Å²) < 4.78 is 32.0. The Kier molecular flexibility index (Phi) is 3.36. The molecule has 0 radical (unpaired) electrons. The minimum absolute atomic E-state index is 0.164. The van der Waals surface area contributed by atoms with Gasteiger partial charge in [-0.1, -0.05) is 12.1 Å². The fraction of sp³-hybridized carbons (Fsp3) is 0.118. The van der Waals surface area contributed by atoms with Crippen LogP contribution in [0, 0.1) is 0 Å². The number of aliphatic hydroxyl groups excluding tert-OH is 1. The molecule has 1 unspecified atom stereocenters. The fourth-order valence-corrected chi connectivity index (χ4v) is 2.74. The van der Waals surface area contributed by atoms with Crippen LogP contribution in [0.1, 0.15) is 22.3 Å². The van der Waals surface area contributed by atoms with Crippen LogP contribution in [0.4, 0.5) is 8.78 Å². The van der Waals surface area contributed by atoms with Crippen molar-refractivity contribution < 1.29 is 18.7 Å². The lowest BCUT2D eigenvalue weighted by Crippen LogP contribution is -2.37. The molecule has 4 aromatic heterocycles. The summed E-state index contributed by atoms with van der Waals surface area (Å²) in [5.41, 5.74) is 0.303. The van der Waals surface area contributed by atoms with Gasteiger partial charge >= 0.3 is 5.92 Å². The largest absolute Gasteiger partial charge is 0.380 e. The van der Waals surface area contributed by atoms with Crippen molar-refractivity contribution in [1.82, 2.24) is 18.8 Å². The first-order chi connectivity index (χ1) is 12.0. The molecular formula is C17H12F2N4O2. The fourth-order valence-electron chi connectivity index (χ4n) is 2.74. The first-order valence-electron chi connectivity index (χ1n) is 7.45. The van der Waals surface area contributed by atoms with E-state index in [9.17, 15) is 18.7 Å². The number of halogens is 2. The van der Waals surface area contributed by atoms with E-state index in [1.165, 1.54) is 21.2 Å². The van der Waals surface area contributed by atoms with Gasteiger partial charge in [-0.15, -0.1) is 0 Å². The highest BCUT2D eigenvalue weighted by Gasteiger charge is 2.49. The van der Waals surface area contributed by atoms with Crippen LogP contribution in [0.15, 0.2) is 61.2 Å². The zero-order valence-corrected chi connectivity index (χ0v) is 12.8. The highest BCUT2D eigenvalue weighted by Crippen LogP contribution is 2.34. The zero-order chi connectivity index (χ0) is 17.6. The molecule has 0 saturated heterocycles. The van der Waals surface area contributed by atoms with Crippen molar-refractivity contribution in [3.63, 3.8) is 0 Å². The summed E-state index contributed by atoms with van der Waals surface area (Å²) in [6, 6.07) is 9.80. The summed E-state index contributed by atoms with van der Waals surface area (Å²) in [6.45, 7) is 0. The molecule has 1 atom stereocenters. The van der Waals surface area contributed by atoms with Crippen molar-refractivity contribution in [2.75, 3.05) is 0 Å². The van der Waals surface area contributed by atoms with E-state index in [4.69, 9.17) is 0 Å². The summed E-state index contributed by atoms with van der Waals surface area (Å²) in [7, 11) is 0. The highest BCUT2D eigenvalue weighted by molar-refractivity contribution is 6.01. The number of aliphatic hydroxyl groups is 1. The second-order valence-electron chi connectivity index (χ2n) is 5.54. The maximum atomic E-state index is 14.7. The third-order valence-corrected chi connectivity index (χ3v) is 4.02. The van der Waals surface area contributed by atoms with E-state index >= 15 is 0 Å². The monoisotopic (exact) mass is 342 g/mol. The van der Waals surface area contributed by atoms with Crippen LogP contribution in [-0.4, -0.2) is 35.6 Å². The molecule has 0 aliphatic carbocycles. The predicted octanol–water partition coefficient (Wildman–Crippen LogP) is 2.53. The van der Waals surface area contributed by atoms with E-state index in [1.54, 1.807) is 36.4 Å². The van der Waals surface area contributed by atoms with Gasteiger partial charge in [0.05, 0.1) is 18.1 Å². The molecule has 4 heterocycles. The third kappa shape index (κ3) is 2.30. The first kappa shape index (κ1) is 15.4. The van der Waals surface area contributed by atoms with Gasteiger partial charge in [0, 0.05) is 12.4 Å². The second-order valence-corrected chi connectivity index (χ2v) is 5.54. The summed E-state index contributed by atoms with van der Waals surface area (Å²) in [5, 5.41) is 10.2. The third-order valence-electron chi connectivity index (χ3n) is 4.02. The van der Waals surface area contributed by atoms with Crippen molar-refractivity contribution in [3.05, 3.63) is 72.6 Å². The van der Waals surface area contributed by atoms with Crippen LogP contribution in [0.3, 0.4) is 0 Å². The van der Waals surface area contributed by atoms with Crippen molar-refractivity contribution in [2.45, 2.75) is 12.0 Å². The molecule has 6 nitrogen and oxygen atoms in total. The number of Topliss-reactive ketones (excluding diaryl/α,β-unsaturated/α-hetero) is 1. The SMILES string of the molecule is O=C(c1cnc2ccccn12)C(F)(F)C(O)c1cnc2ccccn12. The lowest BCUT2D eigenvalue weighted by atomic mass is 10.0. The Morgan fingerprint density at radius 2 is 1.60 bits per heavy atom. The minimum atomic E-state index is -4.04. The van der Waals surface area contributed by atoms with Crippen LogP contribution in [0.25, 0.3) is 11.3 Å². The Hall–Kier alpha value is -3.13. The second kappa shape index (κ2) is 5.45. The van der Waals surface area contributed by atoms with Gasteiger partial charge in [0.15, 0.2) is 6.10 Å². The van der Waals surface area contributed by atoms with Crippen LogP contribution in [0.5, 0.6) is 0 Å². The maximum absolute atomic E-state index is 14.7. The van der Waals surface area contributed by atoms with Crippen molar-refractivity contribution in [2.24, 2.45) is 0 Å². The van der Waals surface area contributed by atoms with Crippen LogP contribution in [0.2, 0.25) is 0 Å². The summed E-state index contributed by atoms with van der Waals surface area (Å²) >= 11 is 0. The molecule has 126 valence electrons. The van der Waals surface area contributed by atoms with Crippen molar-refractivity contribution in [3.8, 4) is 0 Å². The van der Waals surface area contributed by atoms with Gasteiger partial charge < -0.3 is 9.51 Å². The molecule has 0 aliphatic rings. The smallest absolute Gasteiger partial charge is 0.342 e. The van der Waals surface area contributed by atoms with E-state index in [-0.39, 0.29) is 11.4 Å². The van der Waals surface area contributed by atoms with Gasteiger partial charge in [-0.3, -0.25) is 9.20 Å². The molecule has 0 bridgehead atoms. The van der Waals surface area contributed by atoms with E-state index in [2.05, 4.69) is 9.97 Å². The molecule has 0 aliphatic heterocycles. The van der Waals surface area contributed by atoms with E-state index in [1.807, 2.05) is 0 Å². The molecule has 8 heteroatoms. The lowest BCUT2D eigenvalue weighted by Gasteiger charge is -2.20. The molecule has 0 saturated carbocycles.